The van der Waals surface area contributed by atoms with Crippen molar-refractivity contribution in [2.75, 3.05) is 0 Å². The molecular formula is C27H35N. The van der Waals surface area contributed by atoms with E-state index in [4.69, 9.17) is 5.26 Å². The molecule has 1 saturated carbocycles. The van der Waals surface area contributed by atoms with E-state index in [0.29, 0.717) is 6.42 Å². The average molecular weight is 374 g/mol. The van der Waals surface area contributed by atoms with Crippen LogP contribution >= 0.6 is 0 Å². The summed E-state index contributed by atoms with van der Waals surface area (Å²) in [5, 5.41) is 8.80. The van der Waals surface area contributed by atoms with E-state index < -0.39 is 0 Å². The molecule has 1 nitrogen and oxygen atoms in total. The normalized spacial score (nSPS) is 19.3. The Balaban J connectivity index is 1.47. The van der Waals surface area contributed by atoms with Gasteiger partial charge in [0.05, 0.1) is 12.5 Å². The third-order valence-corrected chi connectivity index (χ3v) is 6.52. The maximum Gasteiger partial charge on any atom is 0.0669 e. The molecule has 2 aromatic rings. The van der Waals surface area contributed by atoms with Crippen molar-refractivity contribution in [2.45, 2.75) is 83.5 Å². The minimum Gasteiger partial charge on any atom is -0.198 e. The summed E-state index contributed by atoms with van der Waals surface area (Å²) in [4.78, 5) is 0. The lowest BCUT2D eigenvalue weighted by Crippen LogP contribution is -2.13. The van der Waals surface area contributed by atoms with E-state index in [1.807, 2.05) is 0 Å². The Bertz CT molecular complexity index is 727. The number of unbranched alkanes of at least 4 members (excludes halogenated alkanes) is 4. The van der Waals surface area contributed by atoms with E-state index in [9.17, 15) is 0 Å². The van der Waals surface area contributed by atoms with Gasteiger partial charge in [-0.15, -0.1) is 0 Å². The Morgan fingerprint density at radius 2 is 1.39 bits per heavy atom. The molecular weight excluding hydrogens is 338 g/mol. The van der Waals surface area contributed by atoms with Crippen LogP contribution < -0.4 is 0 Å². The van der Waals surface area contributed by atoms with Crippen LogP contribution in [-0.4, -0.2) is 0 Å². The summed E-state index contributed by atoms with van der Waals surface area (Å²) in [5.41, 5.74) is 5.12. The van der Waals surface area contributed by atoms with Gasteiger partial charge in [-0.3, -0.25) is 0 Å². The predicted octanol–water partition coefficient (Wildman–Crippen LogP) is 8.05. The second-order valence-electron chi connectivity index (χ2n) is 8.57. The van der Waals surface area contributed by atoms with Crippen molar-refractivity contribution in [1.82, 2.24) is 0 Å². The Kier molecular flexibility index (Phi) is 8.16. The molecule has 0 amide bonds. The summed E-state index contributed by atoms with van der Waals surface area (Å²) in [6, 6.07) is 19.8. The third kappa shape index (κ3) is 5.96. The van der Waals surface area contributed by atoms with E-state index in [1.165, 1.54) is 80.9 Å². The van der Waals surface area contributed by atoms with Gasteiger partial charge >= 0.3 is 0 Å². The van der Waals surface area contributed by atoms with E-state index in [0.717, 1.165) is 17.4 Å². The Labute approximate surface area is 171 Å². The van der Waals surface area contributed by atoms with Gasteiger partial charge in [0.25, 0.3) is 0 Å². The molecule has 0 aliphatic heterocycles. The minimum absolute atomic E-state index is 0.487. The largest absolute Gasteiger partial charge is 0.198 e. The zero-order valence-electron chi connectivity index (χ0n) is 17.5. The molecule has 0 radical (unpaired) electrons. The molecule has 1 heteroatoms. The first-order chi connectivity index (χ1) is 13.8. The Hall–Kier alpha value is -2.07. The van der Waals surface area contributed by atoms with Gasteiger partial charge in [-0.1, -0.05) is 94.0 Å². The van der Waals surface area contributed by atoms with Crippen LogP contribution in [0.4, 0.5) is 0 Å². The maximum absolute atomic E-state index is 8.80. The quantitative estimate of drug-likeness (QED) is 0.408. The lowest BCUT2D eigenvalue weighted by atomic mass is 9.77. The van der Waals surface area contributed by atoms with E-state index in [-0.39, 0.29) is 0 Å². The lowest BCUT2D eigenvalue weighted by molar-refractivity contribution is 0.302. The average Bonchev–Trinajstić information content (AvgIpc) is 2.75. The number of rotatable bonds is 9. The SMILES string of the molecule is CCCCCCC[C@H]1CC[C@H](c2ccc(-c3ccc(CC#N)cc3)cc2)CC1. The van der Waals surface area contributed by atoms with Crippen LogP contribution in [0.15, 0.2) is 48.5 Å². The fourth-order valence-corrected chi connectivity index (χ4v) is 4.68. The van der Waals surface area contributed by atoms with Crippen LogP contribution in [0.1, 0.15) is 88.2 Å². The molecule has 0 bridgehead atoms. The Morgan fingerprint density at radius 3 is 2.00 bits per heavy atom. The summed E-state index contributed by atoms with van der Waals surface area (Å²) in [5.74, 6) is 1.73. The van der Waals surface area contributed by atoms with Crippen molar-refractivity contribution in [3.8, 4) is 17.2 Å². The smallest absolute Gasteiger partial charge is 0.0669 e. The van der Waals surface area contributed by atoms with E-state index in [2.05, 4.69) is 61.5 Å². The zero-order valence-corrected chi connectivity index (χ0v) is 17.5. The van der Waals surface area contributed by atoms with Crippen LogP contribution in [0, 0.1) is 17.2 Å². The standard InChI is InChI=1S/C27H35N/c1-2-3-4-5-6-7-22-8-12-24(13-9-22)26-16-18-27(19-17-26)25-14-10-23(11-15-25)20-21-28/h10-11,14-19,22,24H,2-9,12-13,20H2,1H3/t22-,24-. The van der Waals surface area contributed by atoms with Crippen LogP contribution in [-0.2, 0) is 6.42 Å². The van der Waals surface area contributed by atoms with Gasteiger partial charge in [0, 0.05) is 0 Å². The van der Waals surface area contributed by atoms with Crippen LogP contribution in [0.5, 0.6) is 0 Å². The summed E-state index contributed by atoms with van der Waals surface area (Å²) in [6.07, 6.45) is 14.6. The van der Waals surface area contributed by atoms with Crippen molar-refractivity contribution in [3.05, 3.63) is 59.7 Å². The number of nitrogens with zero attached hydrogens (tertiary/aromatic N) is 1. The fraction of sp³-hybridized carbons (Fsp3) is 0.519. The topological polar surface area (TPSA) is 23.8 Å². The van der Waals surface area contributed by atoms with Gasteiger partial charge < -0.3 is 0 Å². The minimum atomic E-state index is 0.487. The van der Waals surface area contributed by atoms with Crippen LogP contribution in [0.25, 0.3) is 11.1 Å². The second-order valence-corrected chi connectivity index (χ2v) is 8.57. The predicted molar refractivity (Wildman–Crippen MR) is 119 cm³/mol. The van der Waals surface area contributed by atoms with Crippen molar-refractivity contribution >= 4 is 0 Å². The Morgan fingerprint density at radius 1 is 0.786 bits per heavy atom. The molecule has 0 spiro atoms. The highest BCUT2D eigenvalue weighted by Crippen LogP contribution is 2.38. The van der Waals surface area contributed by atoms with Gasteiger partial charge in [0.1, 0.15) is 0 Å². The van der Waals surface area contributed by atoms with Gasteiger partial charge in [-0.05, 0) is 59.8 Å². The first-order valence-corrected chi connectivity index (χ1v) is 11.4. The van der Waals surface area contributed by atoms with Crippen LogP contribution in [0.3, 0.4) is 0 Å². The van der Waals surface area contributed by atoms with Gasteiger partial charge in [0.2, 0.25) is 0 Å². The van der Waals surface area contributed by atoms with E-state index in [1.54, 1.807) is 0 Å². The van der Waals surface area contributed by atoms with Gasteiger partial charge in [-0.25, -0.2) is 0 Å². The van der Waals surface area contributed by atoms with Crippen LogP contribution in [0.2, 0.25) is 0 Å². The number of benzene rings is 2. The molecule has 148 valence electrons. The maximum atomic E-state index is 8.80. The van der Waals surface area contributed by atoms with Crippen molar-refractivity contribution in [3.63, 3.8) is 0 Å². The summed E-state index contributed by atoms with van der Waals surface area (Å²) < 4.78 is 0. The first-order valence-electron chi connectivity index (χ1n) is 11.4. The van der Waals surface area contributed by atoms with Crippen molar-refractivity contribution in [1.29, 1.82) is 5.26 Å². The molecule has 0 unspecified atom stereocenters. The number of hydrogen-bond donors (Lipinski definition) is 0. The molecule has 0 N–H and O–H groups in total. The highest BCUT2D eigenvalue weighted by Gasteiger charge is 2.22. The van der Waals surface area contributed by atoms with E-state index >= 15 is 0 Å². The molecule has 3 rings (SSSR count). The highest BCUT2D eigenvalue weighted by atomic mass is 14.3. The summed E-state index contributed by atoms with van der Waals surface area (Å²) in [7, 11) is 0. The van der Waals surface area contributed by atoms with Crippen molar-refractivity contribution in [2.24, 2.45) is 5.92 Å². The molecule has 1 aliphatic rings. The molecule has 0 saturated heterocycles. The summed E-state index contributed by atoms with van der Waals surface area (Å²) >= 11 is 0. The number of hydrogen-bond acceptors (Lipinski definition) is 1. The first kappa shape index (κ1) is 20.7. The molecule has 1 fully saturated rings. The lowest BCUT2D eigenvalue weighted by Gasteiger charge is -2.29. The molecule has 2 aromatic carbocycles. The molecule has 28 heavy (non-hydrogen) atoms. The monoisotopic (exact) mass is 373 g/mol. The van der Waals surface area contributed by atoms with Gasteiger partial charge in [-0.2, -0.15) is 5.26 Å². The second kappa shape index (κ2) is 11.1. The fourth-order valence-electron chi connectivity index (χ4n) is 4.68. The highest BCUT2D eigenvalue weighted by molar-refractivity contribution is 5.64. The molecule has 0 aromatic heterocycles. The molecule has 1 aliphatic carbocycles. The molecule has 0 heterocycles. The van der Waals surface area contributed by atoms with Gasteiger partial charge in [0.15, 0.2) is 0 Å². The molecule has 0 atom stereocenters. The zero-order chi connectivity index (χ0) is 19.6. The number of nitriles is 1. The summed E-state index contributed by atoms with van der Waals surface area (Å²) in [6.45, 7) is 2.29. The van der Waals surface area contributed by atoms with Crippen molar-refractivity contribution < 1.29 is 0 Å². The third-order valence-electron chi connectivity index (χ3n) is 6.52.